The lowest BCUT2D eigenvalue weighted by Gasteiger charge is -2.32. The molecule has 0 saturated carbocycles. The van der Waals surface area contributed by atoms with Crippen molar-refractivity contribution < 1.29 is 13.2 Å². The zero-order valence-electron chi connectivity index (χ0n) is 17.2. The molecule has 8 nitrogen and oxygen atoms in total. The van der Waals surface area contributed by atoms with Crippen LogP contribution in [0.15, 0.2) is 29.1 Å². The molecule has 1 aromatic carbocycles. The van der Waals surface area contributed by atoms with E-state index < -0.39 is 10.0 Å². The van der Waals surface area contributed by atoms with Crippen molar-refractivity contribution in [3.8, 4) is 0 Å². The van der Waals surface area contributed by atoms with Crippen LogP contribution in [0.25, 0.3) is 0 Å². The average molecular weight is 431 g/mol. The molecular formula is C21H26N4O4S. The molecule has 4 rings (SSSR count). The molecule has 9 heteroatoms. The van der Waals surface area contributed by atoms with Gasteiger partial charge in [0.2, 0.25) is 10.0 Å². The van der Waals surface area contributed by atoms with E-state index >= 15 is 0 Å². The first-order valence-electron chi connectivity index (χ1n) is 10.2. The van der Waals surface area contributed by atoms with Gasteiger partial charge in [0, 0.05) is 44.1 Å². The Morgan fingerprint density at radius 1 is 1.13 bits per heavy atom. The molecule has 2 aliphatic rings. The summed E-state index contributed by atoms with van der Waals surface area (Å²) in [6.07, 6.45) is 3.05. The van der Waals surface area contributed by atoms with Crippen molar-refractivity contribution in [1.82, 2.24) is 19.2 Å². The van der Waals surface area contributed by atoms with Crippen LogP contribution < -0.4 is 5.56 Å². The van der Waals surface area contributed by atoms with E-state index in [9.17, 15) is 18.0 Å². The fourth-order valence-electron chi connectivity index (χ4n) is 4.13. The van der Waals surface area contributed by atoms with Crippen LogP contribution in [0.1, 0.15) is 51.8 Å². The summed E-state index contributed by atoms with van der Waals surface area (Å²) in [6, 6.07) is 7.58. The number of rotatable bonds is 3. The van der Waals surface area contributed by atoms with Crippen molar-refractivity contribution in [3.05, 3.63) is 62.8 Å². The summed E-state index contributed by atoms with van der Waals surface area (Å²) in [4.78, 5) is 34.7. The smallest absolute Gasteiger partial charge is 0.255 e. The molecule has 1 N–H and O–H groups in total. The molecule has 30 heavy (non-hydrogen) atoms. The van der Waals surface area contributed by atoms with Gasteiger partial charge in [-0.15, -0.1) is 0 Å². The molecule has 1 amide bonds. The number of aromatic amines is 1. The van der Waals surface area contributed by atoms with Gasteiger partial charge in [0.25, 0.3) is 11.5 Å². The second-order valence-corrected chi connectivity index (χ2v) is 10.1. The number of fused-ring (bicyclic) bond motifs is 1. The zero-order chi connectivity index (χ0) is 21.5. The summed E-state index contributed by atoms with van der Waals surface area (Å²) in [5, 5.41) is 0. The minimum Gasteiger partial charge on any atom is -0.339 e. The molecule has 0 radical (unpaired) electrons. The van der Waals surface area contributed by atoms with Crippen molar-refractivity contribution in [2.75, 3.05) is 25.9 Å². The van der Waals surface area contributed by atoms with E-state index in [2.05, 4.69) is 9.97 Å². The molecule has 1 fully saturated rings. The first-order valence-corrected chi connectivity index (χ1v) is 12.0. The van der Waals surface area contributed by atoms with Crippen LogP contribution in [0.2, 0.25) is 0 Å². The van der Waals surface area contributed by atoms with Gasteiger partial charge in [-0.3, -0.25) is 9.59 Å². The molecule has 160 valence electrons. The normalized spacial score (nSPS) is 18.3. The third-order valence-electron chi connectivity index (χ3n) is 5.99. The second kappa shape index (κ2) is 7.96. The summed E-state index contributed by atoms with van der Waals surface area (Å²) in [7, 11) is -3.34. The van der Waals surface area contributed by atoms with Gasteiger partial charge in [-0.2, -0.15) is 4.31 Å². The highest BCUT2D eigenvalue weighted by Crippen LogP contribution is 2.27. The molecule has 0 bridgehead atoms. The standard InChI is InChI=1S/C21H26N4O4S/c1-14-3-5-16(6-4-14)21(27)24-10-7-15(8-11-24)19-22-18-9-12-25(30(2,28)29)13-17(18)20(26)23-19/h3-6,15H,7-13H2,1-2H3,(H,22,23,26). The topological polar surface area (TPSA) is 103 Å². The Kier molecular flexibility index (Phi) is 5.50. The average Bonchev–Trinajstić information content (AvgIpc) is 2.73. The minimum atomic E-state index is -3.34. The van der Waals surface area contributed by atoms with Gasteiger partial charge in [-0.1, -0.05) is 17.7 Å². The molecule has 0 aliphatic carbocycles. The molecule has 1 saturated heterocycles. The lowest BCUT2D eigenvalue weighted by Crippen LogP contribution is -2.40. The Morgan fingerprint density at radius 2 is 1.80 bits per heavy atom. The number of aromatic nitrogens is 2. The van der Waals surface area contributed by atoms with Crippen molar-refractivity contribution >= 4 is 15.9 Å². The van der Waals surface area contributed by atoms with E-state index in [1.807, 2.05) is 36.1 Å². The molecule has 0 atom stereocenters. The largest absolute Gasteiger partial charge is 0.339 e. The van der Waals surface area contributed by atoms with Crippen LogP contribution in [0.4, 0.5) is 0 Å². The zero-order valence-corrected chi connectivity index (χ0v) is 18.0. The highest BCUT2D eigenvalue weighted by atomic mass is 32.2. The van der Waals surface area contributed by atoms with Gasteiger partial charge >= 0.3 is 0 Å². The highest BCUT2D eigenvalue weighted by Gasteiger charge is 2.30. The maximum absolute atomic E-state index is 12.7. The van der Waals surface area contributed by atoms with Crippen LogP contribution in [0.3, 0.4) is 0 Å². The number of H-pyrrole nitrogens is 1. The Morgan fingerprint density at radius 3 is 2.43 bits per heavy atom. The SMILES string of the molecule is Cc1ccc(C(=O)N2CCC(c3nc4c(c(=O)[nH]3)CN(S(C)(=O)=O)CC4)CC2)cc1. The molecule has 0 spiro atoms. The van der Waals surface area contributed by atoms with E-state index in [1.165, 1.54) is 4.31 Å². The Balaban J connectivity index is 1.45. The predicted molar refractivity (Wildman–Crippen MR) is 113 cm³/mol. The van der Waals surface area contributed by atoms with Crippen molar-refractivity contribution in [1.29, 1.82) is 0 Å². The number of carbonyl (C=O) groups excluding carboxylic acids is 1. The number of carbonyl (C=O) groups is 1. The molecular weight excluding hydrogens is 404 g/mol. The Bertz CT molecular complexity index is 1120. The number of hydrogen-bond acceptors (Lipinski definition) is 5. The lowest BCUT2D eigenvalue weighted by atomic mass is 9.94. The number of nitrogens with zero attached hydrogens (tertiary/aromatic N) is 3. The number of nitrogens with one attached hydrogen (secondary N) is 1. The van der Waals surface area contributed by atoms with Crippen molar-refractivity contribution in [2.24, 2.45) is 0 Å². The lowest BCUT2D eigenvalue weighted by molar-refractivity contribution is 0.0711. The van der Waals surface area contributed by atoms with Gasteiger partial charge < -0.3 is 9.88 Å². The van der Waals surface area contributed by atoms with E-state index in [1.54, 1.807) is 0 Å². The van der Waals surface area contributed by atoms with E-state index in [-0.39, 0.29) is 23.9 Å². The number of benzene rings is 1. The first kappa shape index (κ1) is 20.7. The van der Waals surface area contributed by atoms with Crippen LogP contribution >= 0.6 is 0 Å². The quantitative estimate of drug-likeness (QED) is 0.793. The molecule has 2 aliphatic heterocycles. The summed E-state index contributed by atoms with van der Waals surface area (Å²) >= 11 is 0. The summed E-state index contributed by atoms with van der Waals surface area (Å²) in [5.41, 5.74) is 2.66. The Labute approximate surface area is 176 Å². The number of hydrogen-bond donors (Lipinski definition) is 1. The minimum absolute atomic E-state index is 0.0289. The van der Waals surface area contributed by atoms with Crippen molar-refractivity contribution in [2.45, 2.75) is 38.6 Å². The van der Waals surface area contributed by atoms with Gasteiger partial charge in [0.15, 0.2) is 0 Å². The fraction of sp³-hybridized carbons (Fsp3) is 0.476. The summed E-state index contributed by atoms with van der Waals surface area (Å²) < 4.78 is 24.9. The number of piperidine rings is 1. The summed E-state index contributed by atoms with van der Waals surface area (Å²) in [6.45, 7) is 3.62. The first-order chi connectivity index (χ1) is 14.2. The highest BCUT2D eigenvalue weighted by molar-refractivity contribution is 7.88. The molecule has 1 aromatic heterocycles. The van der Waals surface area contributed by atoms with Gasteiger partial charge in [0.05, 0.1) is 17.5 Å². The van der Waals surface area contributed by atoms with Gasteiger partial charge in [0.1, 0.15) is 5.82 Å². The van der Waals surface area contributed by atoms with Gasteiger partial charge in [-0.05, 0) is 31.9 Å². The molecule has 2 aromatic rings. The number of likely N-dealkylation sites (tertiary alicyclic amines) is 1. The number of sulfonamides is 1. The van der Waals surface area contributed by atoms with Crippen LogP contribution in [-0.2, 0) is 23.0 Å². The second-order valence-electron chi connectivity index (χ2n) is 8.16. The third kappa shape index (κ3) is 4.17. The summed E-state index contributed by atoms with van der Waals surface area (Å²) in [5.74, 6) is 0.758. The van der Waals surface area contributed by atoms with E-state index in [0.717, 1.165) is 24.7 Å². The van der Waals surface area contributed by atoms with Crippen LogP contribution in [0.5, 0.6) is 0 Å². The third-order valence-corrected chi connectivity index (χ3v) is 7.24. The maximum atomic E-state index is 12.7. The maximum Gasteiger partial charge on any atom is 0.255 e. The van der Waals surface area contributed by atoms with Crippen LogP contribution in [0, 0.1) is 6.92 Å². The van der Waals surface area contributed by atoms with Crippen molar-refractivity contribution in [3.63, 3.8) is 0 Å². The fourth-order valence-corrected chi connectivity index (χ4v) is 4.92. The van der Waals surface area contributed by atoms with Crippen LogP contribution in [-0.4, -0.2) is 59.4 Å². The molecule has 0 unspecified atom stereocenters. The number of aryl methyl sites for hydroxylation is 1. The Hall–Kier alpha value is -2.52. The van der Waals surface area contributed by atoms with E-state index in [4.69, 9.17) is 0 Å². The monoisotopic (exact) mass is 430 g/mol. The molecule has 3 heterocycles. The van der Waals surface area contributed by atoms with Gasteiger partial charge in [-0.25, -0.2) is 13.4 Å². The predicted octanol–water partition coefficient (Wildman–Crippen LogP) is 1.42. The number of amides is 1. The van der Waals surface area contributed by atoms with E-state index in [0.29, 0.717) is 48.7 Å².